The Morgan fingerprint density at radius 1 is 1.25 bits per heavy atom. The van der Waals surface area contributed by atoms with Gasteiger partial charge in [0.05, 0.1) is 29.3 Å². The summed E-state index contributed by atoms with van der Waals surface area (Å²) in [6.45, 7) is 7.18. The van der Waals surface area contributed by atoms with Crippen LogP contribution in [0.15, 0.2) is 30.6 Å². The highest BCUT2D eigenvalue weighted by Crippen LogP contribution is 2.16. The Morgan fingerprint density at radius 2 is 2.10 bits per heavy atom. The second-order valence-electron chi connectivity index (χ2n) is 4.76. The van der Waals surface area contributed by atoms with Crippen molar-refractivity contribution in [2.45, 2.75) is 20.4 Å². The van der Waals surface area contributed by atoms with Gasteiger partial charge in [-0.05, 0) is 31.3 Å². The maximum atomic E-state index is 4.24. The first-order valence-electron chi connectivity index (χ1n) is 6.87. The molecule has 0 radical (unpaired) electrons. The first kappa shape index (κ1) is 12.8. The van der Waals surface area contributed by atoms with Crippen molar-refractivity contribution in [3.05, 3.63) is 36.3 Å². The van der Waals surface area contributed by atoms with Crippen LogP contribution in [0.1, 0.15) is 19.5 Å². The van der Waals surface area contributed by atoms with Crippen LogP contribution < -0.4 is 0 Å². The third kappa shape index (κ3) is 2.42. The molecule has 0 saturated carbocycles. The highest BCUT2D eigenvalue weighted by molar-refractivity contribution is 5.80. The van der Waals surface area contributed by atoms with E-state index in [4.69, 9.17) is 0 Å². The number of hydrogen-bond acceptors (Lipinski definition) is 4. The van der Waals surface area contributed by atoms with Crippen molar-refractivity contribution in [3.8, 4) is 5.69 Å². The molecule has 3 rings (SSSR count). The zero-order chi connectivity index (χ0) is 13.9. The molecule has 0 aliphatic rings. The van der Waals surface area contributed by atoms with Gasteiger partial charge in [0, 0.05) is 11.9 Å². The maximum absolute atomic E-state index is 4.24. The van der Waals surface area contributed by atoms with Crippen LogP contribution in [0.4, 0.5) is 0 Å². The summed E-state index contributed by atoms with van der Waals surface area (Å²) in [5, 5.41) is 16.5. The van der Waals surface area contributed by atoms with Gasteiger partial charge in [-0.1, -0.05) is 19.1 Å². The number of rotatable bonds is 5. The van der Waals surface area contributed by atoms with Gasteiger partial charge in [0.1, 0.15) is 0 Å². The SMILES string of the molecule is CCN(CC)Cc1cn(-c2ccc3[nH]ncc3c2)nn1. The van der Waals surface area contributed by atoms with Crippen LogP contribution in [0, 0.1) is 0 Å². The monoisotopic (exact) mass is 270 g/mol. The molecule has 0 atom stereocenters. The van der Waals surface area contributed by atoms with Gasteiger partial charge in [-0.2, -0.15) is 5.10 Å². The van der Waals surface area contributed by atoms with E-state index in [1.54, 1.807) is 0 Å². The Morgan fingerprint density at radius 3 is 2.90 bits per heavy atom. The van der Waals surface area contributed by atoms with Gasteiger partial charge in [0.15, 0.2) is 0 Å². The molecule has 0 amide bonds. The lowest BCUT2D eigenvalue weighted by atomic mass is 10.2. The Labute approximate surface area is 117 Å². The fourth-order valence-electron chi connectivity index (χ4n) is 2.25. The molecular weight excluding hydrogens is 252 g/mol. The van der Waals surface area contributed by atoms with Gasteiger partial charge in [-0.3, -0.25) is 10.00 Å². The molecule has 2 heterocycles. The third-order valence-corrected chi connectivity index (χ3v) is 3.51. The number of hydrogen-bond donors (Lipinski definition) is 1. The fraction of sp³-hybridized carbons (Fsp3) is 0.357. The molecule has 0 spiro atoms. The Bertz CT molecular complexity index is 694. The Kier molecular flexibility index (Phi) is 3.47. The van der Waals surface area contributed by atoms with Gasteiger partial charge in [-0.15, -0.1) is 5.10 Å². The summed E-state index contributed by atoms with van der Waals surface area (Å²) in [5.74, 6) is 0. The minimum atomic E-state index is 0.834. The van der Waals surface area contributed by atoms with Crippen molar-refractivity contribution < 1.29 is 0 Å². The predicted octanol–water partition coefficient (Wildman–Crippen LogP) is 1.99. The van der Waals surface area contributed by atoms with Gasteiger partial charge < -0.3 is 0 Å². The molecule has 6 nitrogen and oxygen atoms in total. The molecule has 0 aliphatic carbocycles. The van der Waals surface area contributed by atoms with Crippen LogP contribution in [0.3, 0.4) is 0 Å². The minimum Gasteiger partial charge on any atom is -0.298 e. The quantitative estimate of drug-likeness (QED) is 0.770. The van der Waals surface area contributed by atoms with E-state index in [2.05, 4.69) is 45.3 Å². The van der Waals surface area contributed by atoms with Crippen molar-refractivity contribution >= 4 is 10.9 Å². The number of fused-ring (bicyclic) bond motifs is 1. The van der Waals surface area contributed by atoms with E-state index >= 15 is 0 Å². The molecule has 0 bridgehead atoms. The van der Waals surface area contributed by atoms with Crippen LogP contribution in [-0.4, -0.2) is 43.2 Å². The number of aromatic nitrogens is 5. The van der Waals surface area contributed by atoms with Crippen molar-refractivity contribution in [3.63, 3.8) is 0 Å². The molecule has 0 saturated heterocycles. The third-order valence-electron chi connectivity index (χ3n) is 3.51. The predicted molar refractivity (Wildman–Crippen MR) is 77.6 cm³/mol. The summed E-state index contributed by atoms with van der Waals surface area (Å²) in [7, 11) is 0. The van der Waals surface area contributed by atoms with E-state index in [-0.39, 0.29) is 0 Å². The summed E-state index contributed by atoms with van der Waals surface area (Å²) in [5.41, 5.74) is 3.01. The summed E-state index contributed by atoms with van der Waals surface area (Å²) in [6, 6.07) is 6.06. The molecule has 1 aromatic carbocycles. The van der Waals surface area contributed by atoms with Crippen molar-refractivity contribution in [1.29, 1.82) is 0 Å². The minimum absolute atomic E-state index is 0.834. The normalized spacial score (nSPS) is 11.6. The number of aromatic amines is 1. The molecule has 2 aromatic heterocycles. The largest absolute Gasteiger partial charge is 0.298 e. The number of nitrogens with one attached hydrogen (secondary N) is 1. The summed E-state index contributed by atoms with van der Waals surface area (Å²) in [6.07, 6.45) is 3.80. The average Bonchev–Trinajstić information content (AvgIpc) is 3.12. The first-order chi connectivity index (χ1) is 9.80. The van der Waals surface area contributed by atoms with Crippen molar-refractivity contribution in [2.75, 3.05) is 13.1 Å². The fourth-order valence-corrected chi connectivity index (χ4v) is 2.25. The molecule has 0 unspecified atom stereocenters. The number of H-pyrrole nitrogens is 1. The van der Waals surface area contributed by atoms with E-state index in [9.17, 15) is 0 Å². The topological polar surface area (TPSA) is 62.6 Å². The summed E-state index contributed by atoms with van der Waals surface area (Å²) >= 11 is 0. The molecule has 0 fully saturated rings. The van der Waals surface area contributed by atoms with E-state index < -0.39 is 0 Å². The summed E-state index contributed by atoms with van der Waals surface area (Å²) in [4.78, 5) is 2.31. The zero-order valence-corrected chi connectivity index (χ0v) is 11.7. The summed E-state index contributed by atoms with van der Waals surface area (Å²) < 4.78 is 1.81. The van der Waals surface area contributed by atoms with Crippen LogP contribution in [-0.2, 0) is 6.54 Å². The molecule has 1 N–H and O–H groups in total. The van der Waals surface area contributed by atoms with E-state index in [1.165, 1.54) is 0 Å². The van der Waals surface area contributed by atoms with Crippen LogP contribution in [0.2, 0.25) is 0 Å². The standard InChI is InChI=1S/C14H18N6/c1-3-19(4-2)9-12-10-20(18-16-12)13-5-6-14-11(7-13)8-15-17-14/h5-8,10H,3-4,9H2,1-2H3,(H,15,17). The lowest BCUT2D eigenvalue weighted by molar-refractivity contribution is 0.292. The van der Waals surface area contributed by atoms with Crippen LogP contribution >= 0.6 is 0 Å². The lowest BCUT2D eigenvalue weighted by Gasteiger charge is -2.15. The number of benzene rings is 1. The molecule has 104 valence electrons. The molecular formula is C14H18N6. The maximum Gasteiger partial charge on any atom is 0.0971 e. The van der Waals surface area contributed by atoms with Crippen LogP contribution in [0.25, 0.3) is 16.6 Å². The first-order valence-corrected chi connectivity index (χ1v) is 6.87. The molecule has 3 aromatic rings. The van der Waals surface area contributed by atoms with E-state index in [0.717, 1.165) is 41.9 Å². The second kappa shape index (κ2) is 5.42. The lowest BCUT2D eigenvalue weighted by Crippen LogP contribution is -2.22. The van der Waals surface area contributed by atoms with Gasteiger partial charge in [0.2, 0.25) is 0 Å². The van der Waals surface area contributed by atoms with Gasteiger partial charge in [0.25, 0.3) is 0 Å². The van der Waals surface area contributed by atoms with Crippen LogP contribution in [0.5, 0.6) is 0 Å². The molecule has 0 aliphatic heterocycles. The van der Waals surface area contributed by atoms with Gasteiger partial charge in [-0.25, -0.2) is 4.68 Å². The Hall–Kier alpha value is -2.21. The average molecular weight is 270 g/mol. The molecule has 6 heteroatoms. The number of nitrogens with zero attached hydrogens (tertiary/aromatic N) is 5. The smallest absolute Gasteiger partial charge is 0.0971 e. The Balaban J connectivity index is 1.85. The van der Waals surface area contributed by atoms with Crippen molar-refractivity contribution in [2.24, 2.45) is 0 Å². The highest BCUT2D eigenvalue weighted by atomic mass is 15.4. The molecule has 20 heavy (non-hydrogen) atoms. The second-order valence-corrected chi connectivity index (χ2v) is 4.76. The highest BCUT2D eigenvalue weighted by Gasteiger charge is 2.07. The van der Waals surface area contributed by atoms with E-state index in [0.29, 0.717) is 0 Å². The van der Waals surface area contributed by atoms with E-state index in [1.807, 2.05) is 29.2 Å². The van der Waals surface area contributed by atoms with Crippen molar-refractivity contribution in [1.82, 2.24) is 30.1 Å². The zero-order valence-electron chi connectivity index (χ0n) is 11.7. The van der Waals surface area contributed by atoms with Gasteiger partial charge >= 0.3 is 0 Å².